The molecule has 31 heavy (non-hydrogen) atoms. The summed E-state index contributed by atoms with van der Waals surface area (Å²) < 4.78 is 19.3. The van der Waals surface area contributed by atoms with Crippen molar-refractivity contribution in [3.05, 3.63) is 93.8 Å². The molecule has 0 aliphatic rings. The molecule has 4 aromatic rings. The average molecular weight is 437 g/mol. The van der Waals surface area contributed by atoms with Crippen molar-refractivity contribution in [2.45, 2.75) is 26.8 Å². The highest BCUT2D eigenvalue weighted by Crippen LogP contribution is 2.37. The number of aromatic nitrogens is 2. The van der Waals surface area contributed by atoms with Gasteiger partial charge in [-0.25, -0.2) is 14.4 Å². The molecule has 0 aliphatic carbocycles. The van der Waals surface area contributed by atoms with Crippen LogP contribution in [0.25, 0.3) is 0 Å². The minimum absolute atomic E-state index is 0.213. The number of nitrogens with one attached hydrogen (secondary N) is 2. The number of furan rings is 1. The van der Waals surface area contributed by atoms with E-state index in [9.17, 15) is 9.18 Å². The summed E-state index contributed by atoms with van der Waals surface area (Å²) in [6.07, 6.45) is 1.45. The molecule has 8 heteroatoms. The van der Waals surface area contributed by atoms with E-state index in [2.05, 4.69) is 20.6 Å². The Morgan fingerprint density at radius 3 is 2.52 bits per heavy atom. The molecule has 0 aliphatic heterocycles. The van der Waals surface area contributed by atoms with Crippen molar-refractivity contribution in [2.24, 2.45) is 0 Å². The number of anilines is 2. The number of benzene rings is 1. The molecule has 0 saturated carbocycles. The average Bonchev–Trinajstić information content (AvgIpc) is 3.35. The third kappa shape index (κ3) is 4.80. The summed E-state index contributed by atoms with van der Waals surface area (Å²) in [5.74, 6) is -0.0589. The summed E-state index contributed by atoms with van der Waals surface area (Å²) in [6, 6.07) is 13.0. The lowest BCUT2D eigenvalue weighted by Crippen LogP contribution is -2.18. The molecule has 3 aromatic heterocycles. The second kappa shape index (κ2) is 8.69. The molecular formula is C23H21FN4O2S. The predicted molar refractivity (Wildman–Crippen MR) is 119 cm³/mol. The van der Waals surface area contributed by atoms with Crippen LogP contribution in [-0.4, -0.2) is 15.9 Å². The van der Waals surface area contributed by atoms with E-state index in [0.717, 1.165) is 21.8 Å². The van der Waals surface area contributed by atoms with Gasteiger partial charge in [-0.3, -0.25) is 4.79 Å². The van der Waals surface area contributed by atoms with Crippen LogP contribution in [-0.2, 0) is 0 Å². The Morgan fingerprint density at radius 1 is 1.06 bits per heavy atom. The maximum Gasteiger partial charge on any atom is 0.291 e. The molecule has 3 heterocycles. The van der Waals surface area contributed by atoms with Gasteiger partial charge in [0, 0.05) is 21.8 Å². The molecule has 0 bridgehead atoms. The number of aryl methyl sites for hydroxylation is 3. The number of rotatable bonds is 6. The van der Waals surface area contributed by atoms with E-state index in [0.29, 0.717) is 16.5 Å². The van der Waals surface area contributed by atoms with Crippen molar-refractivity contribution in [2.75, 3.05) is 10.6 Å². The molecule has 1 atom stereocenters. The summed E-state index contributed by atoms with van der Waals surface area (Å²) in [5.41, 5.74) is 3.12. The van der Waals surface area contributed by atoms with Gasteiger partial charge in [-0.05, 0) is 62.7 Å². The Bertz CT molecular complexity index is 1200. The number of amides is 1. The zero-order chi connectivity index (χ0) is 22.0. The fourth-order valence-corrected chi connectivity index (χ4v) is 4.31. The first-order chi connectivity index (χ1) is 14.9. The highest BCUT2D eigenvalue weighted by molar-refractivity contribution is 7.16. The number of halogens is 1. The van der Waals surface area contributed by atoms with Crippen LogP contribution in [0.3, 0.4) is 0 Å². The smallest absolute Gasteiger partial charge is 0.291 e. The zero-order valence-electron chi connectivity index (χ0n) is 17.3. The summed E-state index contributed by atoms with van der Waals surface area (Å²) in [6.45, 7) is 5.73. The Balaban J connectivity index is 1.75. The van der Waals surface area contributed by atoms with Gasteiger partial charge in [0.25, 0.3) is 5.91 Å². The van der Waals surface area contributed by atoms with Crippen LogP contribution in [0, 0.1) is 26.6 Å². The van der Waals surface area contributed by atoms with Crippen LogP contribution in [0.5, 0.6) is 0 Å². The molecule has 4 rings (SSSR count). The molecule has 1 aromatic carbocycles. The first-order valence-electron chi connectivity index (χ1n) is 9.68. The Kier molecular flexibility index (Phi) is 5.81. The van der Waals surface area contributed by atoms with Crippen LogP contribution in [0.2, 0.25) is 0 Å². The molecule has 0 radical (unpaired) electrons. The third-order valence-corrected chi connectivity index (χ3v) is 5.59. The zero-order valence-corrected chi connectivity index (χ0v) is 18.1. The number of nitrogens with zero attached hydrogens (tertiary/aromatic N) is 2. The number of carbonyl (C=O) groups excluding carboxylic acids is 1. The summed E-state index contributed by atoms with van der Waals surface area (Å²) >= 11 is 1.44. The van der Waals surface area contributed by atoms with Gasteiger partial charge >= 0.3 is 0 Å². The van der Waals surface area contributed by atoms with Crippen LogP contribution >= 0.6 is 11.3 Å². The van der Waals surface area contributed by atoms with Gasteiger partial charge in [-0.15, -0.1) is 11.3 Å². The quantitative estimate of drug-likeness (QED) is 0.408. The van der Waals surface area contributed by atoms with Gasteiger partial charge in [0.2, 0.25) is 5.95 Å². The van der Waals surface area contributed by atoms with Gasteiger partial charge in [0.05, 0.1) is 12.3 Å². The normalized spacial score (nSPS) is 11.9. The summed E-state index contributed by atoms with van der Waals surface area (Å²) in [5, 5.41) is 6.89. The van der Waals surface area contributed by atoms with Crippen molar-refractivity contribution in [1.29, 1.82) is 0 Å². The molecule has 6 nitrogen and oxygen atoms in total. The largest absolute Gasteiger partial charge is 0.459 e. The topological polar surface area (TPSA) is 80.0 Å². The minimum atomic E-state index is -0.478. The van der Waals surface area contributed by atoms with E-state index in [1.165, 1.54) is 29.7 Å². The Morgan fingerprint density at radius 2 is 1.84 bits per heavy atom. The maximum atomic E-state index is 14.1. The van der Waals surface area contributed by atoms with Crippen molar-refractivity contribution < 1.29 is 13.6 Å². The Hall–Kier alpha value is -3.52. The van der Waals surface area contributed by atoms with E-state index < -0.39 is 6.04 Å². The number of hydrogen-bond donors (Lipinski definition) is 2. The summed E-state index contributed by atoms with van der Waals surface area (Å²) in [7, 11) is 0. The standard InChI is InChI=1S/C23H21FN4O2S/c1-13-10-14(2)26-23(25-13)27-20(16-6-4-7-17(24)12-16)18-11-15(3)31-22(18)28-21(29)19-8-5-9-30-19/h4-12,20H,1-3H3,(H,28,29)(H,25,26,27)/t20-/m0/s1. The first kappa shape index (κ1) is 20.7. The van der Waals surface area contributed by atoms with Crippen LogP contribution in [0.4, 0.5) is 15.3 Å². The molecule has 158 valence electrons. The third-order valence-electron chi connectivity index (χ3n) is 4.60. The van der Waals surface area contributed by atoms with Gasteiger partial charge in [-0.1, -0.05) is 12.1 Å². The lowest BCUT2D eigenvalue weighted by atomic mass is 10.00. The lowest BCUT2D eigenvalue weighted by Gasteiger charge is -2.21. The van der Waals surface area contributed by atoms with Gasteiger partial charge in [0.1, 0.15) is 10.8 Å². The summed E-state index contributed by atoms with van der Waals surface area (Å²) in [4.78, 5) is 22.5. The molecular weight excluding hydrogens is 415 g/mol. The van der Waals surface area contributed by atoms with E-state index in [1.807, 2.05) is 39.0 Å². The number of carbonyl (C=O) groups is 1. The molecule has 0 fully saturated rings. The van der Waals surface area contributed by atoms with E-state index in [4.69, 9.17) is 4.42 Å². The van der Waals surface area contributed by atoms with Crippen molar-refractivity contribution in [1.82, 2.24) is 9.97 Å². The molecule has 0 spiro atoms. The van der Waals surface area contributed by atoms with Gasteiger partial charge in [-0.2, -0.15) is 0 Å². The Labute approximate surface area is 183 Å². The molecule has 1 amide bonds. The molecule has 2 N–H and O–H groups in total. The second-order valence-electron chi connectivity index (χ2n) is 7.18. The number of thiophene rings is 1. The van der Waals surface area contributed by atoms with Crippen molar-refractivity contribution >= 4 is 28.2 Å². The van der Waals surface area contributed by atoms with Crippen LogP contribution in [0.15, 0.2) is 59.2 Å². The van der Waals surface area contributed by atoms with Crippen LogP contribution in [0.1, 0.15) is 44.0 Å². The van der Waals surface area contributed by atoms with Crippen LogP contribution < -0.4 is 10.6 Å². The number of hydrogen-bond acceptors (Lipinski definition) is 6. The van der Waals surface area contributed by atoms with Gasteiger partial charge in [0.15, 0.2) is 5.76 Å². The van der Waals surface area contributed by atoms with Crippen molar-refractivity contribution in [3.63, 3.8) is 0 Å². The lowest BCUT2D eigenvalue weighted by molar-refractivity contribution is 0.0997. The van der Waals surface area contributed by atoms with Crippen molar-refractivity contribution in [3.8, 4) is 0 Å². The van der Waals surface area contributed by atoms with E-state index in [-0.39, 0.29) is 17.5 Å². The van der Waals surface area contributed by atoms with E-state index in [1.54, 1.807) is 18.2 Å². The fraction of sp³-hybridized carbons (Fsp3) is 0.174. The SMILES string of the molecule is Cc1cc(C)nc(N[C@@H](c2cccc(F)c2)c2cc(C)sc2NC(=O)c2ccco2)n1. The molecule has 0 saturated heterocycles. The monoisotopic (exact) mass is 436 g/mol. The van der Waals surface area contributed by atoms with E-state index >= 15 is 0 Å². The highest BCUT2D eigenvalue weighted by atomic mass is 32.1. The molecule has 0 unspecified atom stereocenters. The fourth-order valence-electron chi connectivity index (χ4n) is 3.36. The predicted octanol–water partition coefficient (Wildman–Crippen LogP) is 5.65. The maximum absolute atomic E-state index is 14.1. The highest BCUT2D eigenvalue weighted by Gasteiger charge is 2.23. The first-order valence-corrected chi connectivity index (χ1v) is 10.5. The second-order valence-corrected chi connectivity index (χ2v) is 8.44. The van der Waals surface area contributed by atoms with Gasteiger partial charge < -0.3 is 15.1 Å². The minimum Gasteiger partial charge on any atom is -0.459 e.